The van der Waals surface area contributed by atoms with E-state index in [2.05, 4.69) is 26.5 Å². The number of likely N-dealkylation sites (tertiary alicyclic amines) is 1. The van der Waals surface area contributed by atoms with Crippen molar-refractivity contribution in [3.05, 3.63) is 124 Å². The van der Waals surface area contributed by atoms with E-state index in [1.165, 1.54) is 12.8 Å². The first-order chi connectivity index (χ1) is 24.7. The second kappa shape index (κ2) is 15.0. The summed E-state index contributed by atoms with van der Waals surface area (Å²) in [5, 5.41) is 11.9. The van der Waals surface area contributed by atoms with Gasteiger partial charge in [0.15, 0.2) is 0 Å². The monoisotopic (exact) mass is 726 g/mol. The number of benzene rings is 4. The molecule has 0 spiro atoms. The maximum atomic E-state index is 15.1. The number of hydrogen-bond acceptors (Lipinski definition) is 7. The number of rotatable bonds is 11. The number of phenols is 1. The highest BCUT2D eigenvalue weighted by molar-refractivity contribution is 7.86. The quantitative estimate of drug-likeness (QED) is 0.147. The van der Waals surface area contributed by atoms with Gasteiger partial charge in [0.2, 0.25) is 0 Å². The van der Waals surface area contributed by atoms with Gasteiger partial charge < -0.3 is 28.6 Å². The van der Waals surface area contributed by atoms with Crippen LogP contribution in [0.25, 0.3) is 10.9 Å². The Bertz CT molecular complexity index is 2100. The highest BCUT2D eigenvalue weighted by atomic mass is 35.5. The predicted molar refractivity (Wildman–Crippen MR) is 203 cm³/mol. The summed E-state index contributed by atoms with van der Waals surface area (Å²) in [7, 11) is -3.71. The topological polar surface area (TPSA) is 95.3 Å². The Kier molecular flexibility index (Phi) is 10.3. The third-order valence-electron chi connectivity index (χ3n) is 10.0. The first-order valence-electron chi connectivity index (χ1n) is 17.6. The number of anilines is 1. The van der Waals surface area contributed by atoms with Gasteiger partial charge in [-0.25, -0.2) is 0 Å². The zero-order chi connectivity index (χ0) is 35.5. The highest BCUT2D eigenvalue weighted by Gasteiger charge is 2.34. The Morgan fingerprint density at radius 2 is 1.43 bits per heavy atom. The van der Waals surface area contributed by atoms with Gasteiger partial charge in [-0.1, -0.05) is 66.2 Å². The number of nitrogens with zero attached hydrogens (tertiary/aromatic N) is 4. The average Bonchev–Trinajstić information content (AvgIpc) is 3.76. The molecule has 51 heavy (non-hydrogen) atoms. The summed E-state index contributed by atoms with van der Waals surface area (Å²) in [6.07, 6.45) is 4.37. The van der Waals surface area contributed by atoms with Crippen molar-refractivity contribution < 1.29 is 22.5 Å². The van der Waals surface area contributed by atoms with Crippen molar-refractivity contribution >= 4 is 44.2 Å². The number of hydrogen-bond donors (Lipinski definition) is 1. The summed E-state index contributed by atoms with van der Waals surface area (Å²) < 4.78 is 31.2. The van der Waals surface area contributed by atoms with Crippen molar-refractivity contribution in [2.24, 2.45) is 0 Å². The van der Waals surface area contributed by atoms with Gasteiger partial charge in [-0.15, -0.1) is 0 Å². The molecule has 5 aromatic rings. The number of amides is 1. The molecule has 2 fully saturated rings. The molecule has 3 heterocycles. The first-order valence-corrected chi connectivity index (χ1v) is 19.8. The molecular weight excluding hydrogens is 684 g/mol. The van der Waals surface area contributed by atoms with Gasteiger partial charge in [-0.3, -0.25) is 4.79 Å². The minimum Gasteiger partial charge on any atom is -0.508 e. The van der Waals surface area contributed by atoms with Gasteiger partial charge in [-0.05, 0) is 92.5 Å². The molecule has 4 aromatic carbocycles. The zero-order valence-corrected chi connectivity index (χ0v) is 30.3. The number of phenolic OH excluding ortho intramolecular Hbond substituents is 1. The number of aromatic nitrogens is 1. The Morgan fingerprint density at radius 3 is 2.10 bits per heavy atom. The molecule has 1 aromatic heterocycles. The van der Waals surface area contributed by atoms with Crippen molar-refractivity contribution in [2.75, 3.05) is 57.0 Å². The van der Waals surface area contributed by atoms with Crippen LogP contribution in [0.15, 0.2) is 97.1 Å². The SMILES string of the molecule is CS(=O)(=O)Oc1ccc(C(c2ccc(O)cc2)c2c(C(=O)N3CCN(c4ccccc4Cl)CC3)n(CCCN3CCCC3)c3ccccc23)cc1. The largest absolute Gasteiger partial charge is 0.508 e. The van der Waals surface area contributed by atoms with Crippen LogP contribution in [0, 0.1) is 0 Å². The lowest BCUT2D eigenvalue weighted by Crippen LogP contribution is -2.49. The number of carbonyl (C=O) groups excluding carboxylic acids is 1. The number of aromatic hydroxyl groups is 1. The average molecular weight is 727 g/mol. The van der Waals surface area contributed by atoms with E-state index in [0.29, 0.717) is 43.4 Å². The molecule has 0 aliphatic carbocycles. The van der Waals surface area contributed by atoms with Crippen LogP contribution in [0.4, 0.5) is 5.69 Å². The van der Waals surface area contributed by atoms with E-state index < -0.39 is 16.0 Å². The molecule has 9 nitrogen and oxygen atoms in total. The van der Waals surface area contributed by atoms with E-state index in [9.17, 15) is 13.5 Å². The normalized spacial score (nSPS) is 16.1. The van der Waals surface area contributed by atoms with Crippen molar-refractivity contribution in [3.8, 4) is 11.5 Å². The molecule has 7 rings (SSSR count). The van der Waals surface area contributed by atoms with Gasteiger partial charge in [0.1, 0.15) is 17.2 Å². The number of aryl methyl sites for hydroxylation is 1. The van der Waals surface area contributed by atoms with E-state index in [0.717, 1.165) is 65.6 Å². The van der Waals surface area contributed by atoms with Crippen LogP contribution in [0.1, 0.15) is 52.4 Å². The standard InChI is InChI=1S/C40H43ClN4O5S/c1-51(48,49)50-32-19-15-30(16-20-32)37(29-13-17-31(46)18-14-29)38-33-9-2-4-11-35(33)45(24-8-23-42-21-6-7-22-42)39(38)40(47)44-27-25-43(26-28-44)36-12-5-3-10-34(36)41/h2-5,9-20,37,46H,6-8,21-28H2,1H3. The zero-order valence-electron chi connectivity index (χ0n) is 28.7. The minimum absolute atomic E-state index is 0.0259. The van der Waals surface area contributed by atoms with Crippen LogP contribution in [-0.4, -0.2) is 85.9 Å². The van der Waals surface area contributed by atoms with Crippen LogP contribution in [0.5, 0.6) is 11.5 Å². The fraction of sp³-hybridized carbons (Fsp3) is 0.325. The Morgan fingerprint density at radius 1 is 0.804 bits per heavy atom. The smallest absolute Gasteiger partial charge is 0.306 e. The molecule has 11 heteroatoms. The van der Waals surface area contributed by atoms with Gasteiger partial charge in [-0.2, -0.15) is 8.42 Å². The molecular formula is C40H43ClN4O5S. The Hall–Kier alpha value is -4.51. The molecule has 2 saturated heterocycles. The minimum atomic E-state index is -3.71. The summed E-state index contributed by atoms with van der Waals surface area (Å²) in [6.45, 7) is 6.27. The van der Waals surface area contributed by atoms with E-state index in [1.54, 1.807) is 24.3 Å². The third kappa shape index (κ3) is 7.73. The molecule has 1 amide bonds. The third-order valence-corrected chi connectivity index (χ3v) is 10.8. The van der Waals surface area contributed by atoms with Gasteiger partial charge >= 0.3 is 10.1 Å². The molecule has 2 aliphatic rings. The number of fused-ring (bicyclic) bond motifs is 1. The van der Waals surface area contributed by atoms with Gasteiger partial charge in [0, 0.05) is 55.1 Å². The number of halogens is 1. The van der Waals surface area contributed by atoms with Crippen molar-refractivity contribution in [2.45, 2.75) is 31.7 Å². The first kappa shape index (κ1) is 34.9. The summed E-state index contributed by atoms with van der Waals surface area (Å²) in [4.78, 5) is 21.8. The number of piperazine rings is 1. The summed E-state index contributed by atoms with van der Waals surface area (Å²) >= 11 is 6.55. The van der Waals surface area contributed by atoms with Crippen LogP contribution < -0.4 is 9.08 Å². The Balaban J connectivity index is 1.33. The molecule has 0 saturated carbocycles. The summed E-state index contributed by atoms with van der Waals surface area (Å²) in [5.41, 5.74) is 5.25. The summed E-state index contributed by atoms with van der Waals surface area (Å²) in [6, 6.07) is 30.1. The second-order valence-electron chi connectivity index (χ2n) is 13.4. The molecule has 1 N–H and O–H groups in total. The Labute approximate surface area is 304 Å². The van der Waals surface area contributed by atoms with Crippen molar-refractivity contribution in [1.82, 2.24) is 14.4 Å². The van der Waals surface area contributed by atoms with Crippen molar-refractivity contribution in [1.29, 1.82) is 0 Å². The highest BCUT2D eigenvalue weighted by Crippen LogP contribution is 2.42. The van der Waals surface area contributed by atoms with E-state index in [1.807, 2.05) is 65.6 Å². The van der Waals surface area contributed by atoms with Gasteiger partial charge in [0.25, 0.3) is 5.91 Å². The van der Waals surface area contributed by atoms with E-state index in [-0.39, 0.29) is 17.4 Å². The second-order valence-corrected chi connectivity index (χ2v) is 15.4. The maximum absolute atomic E-state index is 15.1. The molecule has 1 atom stereocenters. The van der Waals surface area contributed by atoms with Crippen molar-refractivity contribution in [3.63, 3.8) is 0 Å². The number of carbonyl (C=O) groups is 1. The maximum Gasteiger partial charge on any atom is 0.306 e. The molecule has 2 aliphatic heterocycles. The van der Waals surface area contributed by atoms with E-state index in [4.69, 9.17) is 15.8 Å². The molecule has 266 valence electrons. The lowest BCUT2D eigenvalue weighted by molar-refractivity contribution is 0.0734. The number of para-hydroxylation sites is 2. The molecule has 1 unspecified atom stereocenters. The van der Waals surface area contributed by atoms with Crippen LogP contribution >= 0.6 is 11.6 Å². The predicted octanol–water partition coefficient (Wildman–Crippen LogP) is 6.97. The lowest BCUT2D eigenvalue weighted by Gasteiger charge is -2.37. The molecule has 0 radical (unpaired) electrons. The fourth-order valence-electron chi connectivity index (χ4n) is 7.64. The molecule has 0 bridgehead atoms. The summed E-state index contributed by atoms with van der Waals surface area (Å²) in [5.74, 6) is -0.0814. The van der Waals surface area contributed by atoms with E-state index >= 15 is 4.79 Å². The van der Waals surface area contributed by atoms with Crippen LogP contribution in [0.2, 0.25) is 5.02 Å². The lowest BCUT2D eigenvalue weighted by atomic mass is 9.83. The fourth-order valence-corrected chi connectivity index (χ4v) is 8.35. The van der Waals surface area contributed by atoms with Crippen LogP contribution in [-0.2, 0) is 16.7 Å². The van der Waals surface area contributed by atoms with Gasteiger partial charge in [0.05, 0.1) is 17.0 Å². The van der Waals surface area contributed by atoms with Crippen LogP contribution in [0.3, 0.4) is 0 Å².